The Balaban J connectivity index is 0.00000300. The molecule has 8 heteroatoms. The lowest BCUT2D eigenvalue weighted by Gasteiger charge is -2.61. The zero-order chi connectivity index (χ0) is 20.0. The number of furan rings is 1. The van der Waals surface area contributed by atoms with Gasteiger partial charge in [0, 0.05) is 43.3 Å². The summed E-state index contributed by atoms with van der Waals surface area (Å²) in [6.45, 7) is 8.85. The van der Waals surface area contributed by atoms with Crippen molar-refractivity contribution in [2.24, 2.45) is 10.4 Å². The third-order valence-electron chi connectivity index (χ3n) is 6.05. The predicted octanol–water partition coefficient (Wildman–Crippen LogP) is 3.23. The van der Waals surface area contributed by atoms with E-state index in [4.69, 9.17) is 9.15 Å². The lowest BCUT2D eigenvalue weighted by atomic mass is 9.51. The maximum atomic E-state index is 12.0. The van der Waals surface area contributed by atoms with Gasteiger partial charge in [-0.15, -0.1) is 24.0 Å². The van der Waals surface area contributed by atoms with Crippen molar-refractivity contribution in [2.45, 2.75) is 65.0 Å². The van der Waals surface area contributed by atoms with E-state index in [1.165, 1.54) is 25.5 Å². The first-order valence-electron chi connectivity index (χ1n) is 10.6. The molecule has 1 aromatic rings. The fraction of sp³-hybridized carbons (Fsp3) is 0.714. The number of ether oxygens (including phenoxy) is 1. The van der Waals surface area contributed by atoms with Gasteiger partial charge in [-0.25, -0.2) is 0 Å². The molecule has 2 aliphatic carbocycles. The molecule has 0 aliphatic heterocycles. The molecule has 1 heterocycles. The molecule has 1 aromatic heterocycles. The molecule has 0 saturated heterocycles. The molecule has 2 saturated carbocycles. The molecule has 2 aliphatic rings. The van der Waals surface area contributed by atoms with E-state index >= 15 is 0 Å². The smallest absolute Gasteiger partial charge is 0.287 e. The van der Waals surface area contributed by atoms with Crippen LogP contribution < -0.4 is 16.0 Å². The van der Waals surface area contributed by atoms with E-state index in [-0.39, 0.29) is 29.9 Å². The summed E-state index contributed by atoms with van der Waals surface area (Å²) >= 11 is 0. The van der Waals surface area contributed by atoms with Gasteiger partial charge < -0.3 is 25.1 Å². The van der Waals surface area contributed by atoms with Crippen LogP contribution >= 0.6 is 24.0 Å². The van der Waals surface area contributed by atoms with Crippen LogP contribution in [-0.4, -0.2) is 50.3 Å². The van der Waals surface area contributed by atoms with Gasteiger partial charge in [-0.05, 0) is 52.5 Å². The van der Waals surface area contributed by atoms with Crippen LogP contribution in [0.3, 0.4) is 0 Å². The summed E-state index contributed by atoms with van der Waals surface area (Å²) < 4.78 is 11.1. The molecule has 2 atom stereocenters. The molecule has 1 spiro atoms. The second-order valence-corrected chi connectivity index (χ2v) is 7.77. The number of amides is 1. The van der Waals surface area contributed by atoms with E-state index in [2.05, 4.69) is 34.8 Å². The maximum absolute atomic E-state index is 12.0. The van der Waals surface area contributed by atoms with Gasteiger partial charge in [-0.3, -0.25) is 9.79 Å². The Labute approximate surface area is 190 Å². The molecular weight excluding hydrogens is 483 g/mol. The van der Waals surface area contributed by atoms with Crippen LogP contribution in [0.5, 0.6) is 0 Å². The third kappa shape index (κ3) is 5.45. The van der Waals surface area contributed by atoms with Crippen LogP contribution in [0.1, 0.15) is 62.1 Å². The number of nitrogens with one attached hydrogen (secondary N) is 3. The predicted molar refractivity (Wildman–Crippen MR) is 125 cm³/mol. The monoisotopic (exact) mass is 518 g/mol. The highest BCUT2D eigenvalue weighted by atomic mass is 127. The minimum Gasteiger partial charge on any atom is -0.459 e. The van der Waals surface area contributed by atoms with Gasteiger partial charge in [0.05, 0.1) is 12.4 Å². The van der Waals surface area contributed by atoms with Crippen molar-refractivity contribution in [1.29, 1.82) is 0 Å². The van der Waals surface area contributed by atoms with E-state index in [1.54, 1.807) is 6.07 Å². The number of hydrogen-bond acceptors (Lipinski definition) is 4. The molecule has 2 unspecified atom stereocenters. The number of aliphatic imine (C=N–C) groups is 1. The van der Waals surface area contributed by atoms with Gasteiger partial charge >= 0.3 is 0 Å². The van der Waals surface area contributed by atoms with E-state index < -0.39 is 0 Å². The summed E-state index contributed by atoms with van der Waals surface area (Å²) in [4.78, 5) is 16.7. The number of halogens is 1. The van der Waals surface area contributed by atoms with Gasteiger partial charge in [-0.2, -0.15) is 0 Å². The molecule has 1 amide bonds. The summed E-state index contributed by atoms with van der Waals surface area (Å²) in [7, 11) is 0. The summed E-state index contributed by atoms with van der Waals surface area (Å²) in [5.74, 6) is 1.08. The second kappa shape index (κ2) is 11.2. The summed E-state index contributed by atoms with van der Waals surface area (Å²) in [5.41, 5.74) is 1.16. The standard InChI is InChI=1S/C21H34N4O3.HI/c1-4-22-20(25-16-14-17(27-5-2)21(16)9-6-10-21)24-12-7-11-23-19(26)18-15(3)8-13-28-18;/h8,13,16-17H,4-7,9-12,14H2,1-3H3,(H,23,26)(H2,22,24,25);1H. The molecule has 3 rings (SSSR count). The number of guanidine groups is 1. The Kier molecular flexibility index (Phi) is 9.26. The lowest BCUT2D eigenvalue weighted by Crippen LogP contribution is -2.68. The molecule has 2 fully saturated rings. The van der Waals surface area contributed by atoms with Crippen molar-refractivity contribution in [1.82, 2.24) is 16.0 Å². The second-order valence-electron chi connectivity index (χ2n) is 7.77. The number of carbonyl (C=O) groups excluding carboxylic acids is 1. The number of aryl methyl sites for hydroxylation is 1. The third-order valence-corrected chi connectivity index (χ3v) is 6.05. The van der Waals surface area contributed by atoms with Crippen molar-refractivity contribution < 1.29 is 13.9 Å². The molecule has 3 N–H and O–H groups in total. The molecule has 29 heavy (non-hydrogen) atoms. The SMILES string of the molecule is CCNC(=NCCCNC(=O)c1occc1C)NC1CC(OCC)C12CCC2.I. The van der Waals surface area contributed by atoms with Gasteiger partial charge in [0.25, 0.3) is 5.91 Å². The van der Waals surface area contributed by atoms with Crippen molar-refractivity contribution in [3.63, 3.8) is 0 Å². The van der Waals surface area contributed by atoms with Gasteiger partial charge in [0.15, 0.2) is 11.7 Å². The Morgan fingerprint density at radius 2 is 2.14 bits per heavy atom. The Bertz CT molecular complexity index is 687. The number of hydrogen-bond donors (Lipinski definition) is 3. The minimum atomic E-state index is -0.167. The fourth-order valence-corrected chi connectivity index (χ4v) is 4.28. The van der Waals surface area contributed by atoms with Crippen LogP contribution in [0.25, 0.3) is 0 Å². The van der Waals surface area contributed by atoms with E-state index in [0.717, 1.165) is 37.5 Å². The summed E-state index contributed by atoms with van der Waals surface area (Å²) in [6, 6.07) is 2.23. The highest BCUT2D eigenvalue weighted by Gasteiger charge is 2.59. The van der Waals surface area contributed by atoms with Crippen LogP contribution in [0, 0.1) is 12.3 Å². The Hall–Kier alpha value is -1.29. The van der Waals surface area contributed by atoms with Gasteiger partial charge in [-0.1, -0.05) is 6.42 Å². The highest BCUT2D eigenvalue weighted by molar-refractivity contribution is 14.0. The van der Waals surface area contributed by atoms with Crippen molar-refractivity contribution in [3.8, 4) is 0 Å². The molecular formula is C21H35IN4O3. The fourth-order valence-electron chi connectivity index (χ4n) is 4.28. The van der Waals surface area contributed by atoms with E-state index in [0.29, 0.717) is 36.4 Å². The molecule has 164 valence electrons. The Morgan fingerprint density at radius 1 is 1.34 bits per heavy atom. The first kappa shape index (κ1) is 24.0. The van der Waals surface area contributed by atoms with Crippen LogP contribution in [0.2, 0.25) is 0 Å². The molecule has 7 nitrogen and oxygen atoms in total. The van der Waals surface area contributed by atoms with E-state index in [1.807, 2.05) is 6.92 Å². The van der Waals surface area contributed by atoms with Gasteiger partial charge in [0.2, 0.25) is 0 Å². The largest absolute Gasteiger partial charge is 0.459 e. The van der Waals surface area contributed by atoms with E-state index in [9.17, 15) is 4.79 Å². The number of rotatable bonds is 9. The molecule has 0 radical (unpaired) electrons. The van der Waals surface area contributed by atoms with Crippen molar-refractivity contribution in [3.05, 3.63) is 23.7 Å². The summed E-state index contributed by atoms with van der Waals surface area (Å²) in [6.07, 6.45) is 7.54. The zero-order valence-corrected chi connectivity index (χ0v) is 20.1. The number of carbonyl (C=O) groups is 1. The lowest BCUT2D eigenvalue weighted by molar-refractivity contribution is -0.168. The molecule has 0 bridgehead atoms. The summed E-state index contributed by atoms with van der Waals surface area (Å²) in [5, 5.41) is 9.85. The average molecular weight is 518 g/mol. The van der Waals surface area contributed by atoms with Crippen LogP contribution in [0.15, 0.2) is 21.7 Å². The maximum Gasteiger partial charge on any atom is 0.287 e. The van der Waals surface area contributed by atoms with Crippen molar-refractivity contribution >= 4 is 35.8 Å². The van der Waals surface area contributed by atoms with Crippen LogP contribution in [-0.2, 0) is 4.74 Å². The van der Waals surface area contributed by atoms with Crippen molar-refractivity contribution in [2.75, 3.05) is 26.2 Å². The highest BCUT2D eigenvalue weighted by Crippen LogP contribution is 2.57. The van der Waals surface area contributed by atoms with Gasteiger partial charge in [0.1, 0.15) is 0 Å². The normalized spacial score (nSPS) is 22.2. The number of nitrogens with zero attached hydrogens (tertiary/aromatic N) is 1. The minimum absolute atomic E-state index is 0. The zero-order valence-electron chi connectivity index (χ0n) is 17.8. The van der Waals surface area contributed by atoms with Crippen LogP contribution in [0.4, 0.5) is 0 Å². The Morgan fingerprint density at radius 3 is 2.72 bits per heavy atom. The topological polar surface area (TPSA) is 87.9 Å². The first-order chi connectivity index (χ1) is 13.6. The average Bonchev–Trinajstić information content (AvgIpc) is 3.04. The quantitative estimate of drug-likeness (QED) is 0.202. The first-order valence-corrected chi connectivity index (χ1v) is 10.6. The molecule has 0 aromatic carbocycles.